The van der Waals surface area contributed by atoms with Crippen LogP contribution < -0.4 is 5.32 Å². The Morgan fingerprint density at radius 1 is 1.00 bits per heavy atom. The highest BCUT2D eigenvalue weighted by Gasteiger charge is 2.08. The molecule has 0 saturated carbocycles. The first-order valence-electron chi connectivity index (χ1n) is 4.71. The van der Waals surface area contributed by atoms with Crippen molar-refractivity contribution in [3.63, 3.8) is 0 Å². The van der Waals surface area contributed by atoms with Gasteiger partial charge in [-0.1, -0.05) is 13.8 Å². The Kier molecular flexibility index (Phi) is 3.58. The Balaban J connectivity index is 2.84. The summed E-state index contributed by atoms with van der Waals surface area (Å²) in [4.78, 5) is 0. The van der Waals surface area contributed by atoms with Crippen LogP contribution >= 0.6 is 0 Å². The zero-order valence-corrected chi connectivity index (χ0v) is 8.64. The number of hydrogen-bond donors (Lipinski definition) is 1. The van der Waals surface area contributed by atoms with E-state index in [1.54, 1.807) is 0 Å². The molecule has 0 aromatic heterocycles. The lowest BCUT2D eigenvalue weighted by atomic mass is 10.1. The number of hydrogen-bond acceptors (Lipinski definition) is 1. The molecule has 0 fully saturated rings. The molecule has 0 bridgehead atoms. The first-order chi connectivity index (χ1) is 6.49. The first-order valence-corrected chi connectivity index (χ1v) is 4.71. The highest BCUT2D eigenvalue weighted by molar-refractivity contribution is 5.20. The first kappa shape index (κ1) is 11.1. The smallest absolute Gasteiger partial charge is 0.126 e. The average Bonchev–Trinajstić information content (AvgIpc) is 2.00. The van der Waals surface area contributed by atoms with Crippen molar-refractivity contribution >= 4 is 0 Å². The summed E-state index contributed by atoms with van der Waals surface area (Å²) in [6, 6.07) is 3.83. The second-order valence-electron chi connectivity index (χ2n) is 3.75. The molecule has 0 spiro atoms. The molecule has 1 rings (SSSR count). The van der Waals surface area contributed by atoms with Gasteiger partial charge in [0, 0.05) is 18.2 Å². The quantitative estimate of drug-likeness (QED) is 0.789. The number of nitrogens with one attached hydrogen (secondary N) is 1. The van der Waals surface area contributed by atoms with Crippen LogP contribution in [0.15, 0.2) is 18.2 Å². The van der Waals surface area contributed by atoms with E-state index < -0.39 is 11.6 Å². The van der Waals surface area contributed by atoms with Crippen molar-refractivity contribution in [2.75, 3.05) is 0 Å². The topological polar surface area (TPSA) is 12.0 Å². The molecule has 78 valence electrons. The van der Waals surface area contributed by atoms with Crippen LogP contribution in [0.2, 0.25) is 0 Å². The van der Waals surface area contributed by atoms with Gasteiger partial charge in [-0.05, 0) is 24.6 Å². The fourth-order valence-electron chi connectivity index (χ4n) is 1.42. The molecule has 1 aromatic rings. The number of halogens is 2. The van der Waals surface area contributed by atoms with Crippen LogP contribution in [-0.2, 0) is 0 Å². The lowest BCUT2D eigenvalue weighted by Crippen LogP contribution is -2.26. The maximum Gasteiger partial charge on any atom is 0.126 e. The molecule has 0 aliphatic carbocycles. The standard InChI is InChI=1S/C11H15F2N/c1-7(2)14-8(3)9-4-10(12)6-11(13)5-9/h4-8,14H,1-3H3/t8-/m1/s1. The van der Waals surface area contributed by atoms with Crippen molar-refractivity contribution in [2.24, 2.45) is 0 Å². The van der Waals surface area contributed by atoms with E-state index in [1.807, 2.05) is 20.8 Å². The number of benzene rings is 1. The maximum absolute atomic E-state index is 12.9. The summed E-state index contributed by atoms with van der Waals surface area (Å²) in [5.74, 6) is -1.06. The van der Waals surface area contributed by atoms with Crippen molar-refractivity contribution in [2.45, 2.75) is 32.9 Å². The molecule has 0 radical (unpaired) electrons. The largest absolute Gasteiger partial charge is 0.308 e. The van der Waals surface area contributed by atoms with Gasteiger partial charge in [0.15, 0.2) is 0 Å². The third-order valence-corrected chi connectivity index (χ3v) is 1.97. The molecule has 0 aliphatic rings. The summed E-state index contributed by atoms with van der Waals surface area (Å²) >= 11 is 0. The van der Waals surface area contributed by atoms with E-state index >= 15 is 0 Å². The molecular weight excluding hydrogens is 184 g/mol. The van der Waals surface area contributed by atoms with Crippen LogP contribution in [0, 0.1) is 11.6 Å². The lowest BCUT2D eigenvalue weighted by molar-refractivity contribution is 0.497. The minimum atomic E-state index is -0.530. The Labute approximate surface area is 83.1 Å². The van der Waals surface area contributed by atoms with Gasteiger partial charge in [0.2, 0.25) is 0 Å². The molecule has 3 heteroatoms. The zero-order valence-electron chi connectivity index (χ0n) is 8.64. The molecular formula is C11H15F2N. The van der Waals surface area contributed by atoms with E-state index in [1.165, 1.54) is 12.1 Å². The highest BCUT2D eigenvalue weighted by Crippen LogP contribution is 2.16. The van der Waals surface area contributed by atoms with Gasteiger partial charge in [-0.25, -0.2) is 8.78 Å². The van der Waals surface area contributed by atoms with Crippen molar-refractivity contribution in [1.82, 2.24) is 5.32 Å². The van der Waals surface area contributed by atoms with E-state index in [0.717, 1.165) is 6.07 Å². The van der Waals surface area contributed by atoms with Gasteiger partial charge in [-0.2, -0.15) is 0 Å². The predicted octanol–water partition coefficient (Wildman–Crippen LogP) is 3.02. The lowest BCUT2D eigenvalue weighted by Gasteiger charge is -2.17. The summed E-state index contributed by atoms with van der Waals surface area (Å²) < 4.78 is 25.7. The molecule has 0 heterocycles. The van der Waals surface area contributed by atoms with Crippen molar-refractivity contribution in [3.8, 4) is 0 Å². The second-order valence-corrected chi connectivity index (χ2v) is 3.75. The van der Waals surface area contributed by atoms with Crippen LogP contribution in [0.5, 0.6) is 0 Å². The van der Waals surface area contributed by atoms with Crippen LogP contribution in [0.4, 0.5) is 8.78 Å². The summed E-state index contributed by atoms with van der Waals surface area (Å²) in [6.07, 6.45) is 0. The normalized spacial score (nSPS) is 13.3. The zero-order chi connectivity index (χ0) is 10.7. The second kappa shape index (κ2) is 4.51. The van der Waals surface area contributed by atoms with Crippen molar-refractivity contribution < 1.29 is 8.78 Å². The van der Waals surface area contributed by atoms with E-state index in [-0.39, 0.29) is 12.1 Å². The van der Waals surface area contributed by atoms with Gasteiger partial charge in [-0.3, -0.25) is 0 Å². The van der Waals surface area contributed by atoms with Gasteiger partial charge in [-0.15, -0.1) is 0 Å². The third kappa shape index (κ3) is 3.07. The molecule has 14 heavy (non-hydrogen) atoms. The Morgan fingerprint density at radius 3 is 1.93 bits per heavy atom. The minimum Gasteiger partial charge on any atom is -0.308 e. The monoisotopic (exact) mass is 199 g/mol. The van der Waals surface area contributed by atoms with Crippen LogP contribution in [0.1, 0.15) is 32.4 Å². The van der Waals surface area contributed by atoms with Gasteiger partial charge in [0.1, 0.15) is 11.6 Å². The van der Waals surface area contributed by atoms with Gasteiger partial charge < -0.3 is 5.32 Å². The highest BCUT2D eigenvalue weighted by atomic mass is 19.1. The fourth-order valence-corrected chi connectivity index (χ4v) is 1.42. The Morgan fingerprint density at radius 2 is 1.50 bits per heavy atom. The van der Waals surface area contributed by atoms with Gasteiger partial charge >= 0.3 is 0 Å². The van der Waals surface area contributed by atoms with Gasteiger partial charge in [0.05, 0.1) is 0 Å². The summed E-state index contributed by atoms with van der Waals surface area (Å²) in [5.41, 5.74) is 0.635. The average molecular weight is 199 g/mol. The van der Waals surface area contributed by atoms with Crippen molar-refractivity contribution in [1.29, 1.82) is 0 Å². The Hall–Kier alpha value is -0.960. The predicted molar refractivity (Wildman–Crippen MR) is 53.0 cm³/mol. The molecule has 0 aliphatic heterocycles. The molecule has 1 atom stereocenters. The van der Waals surface area contributed by atoms with E-state index in [2.05, 4.69) is 5.32 Å². The summed E-state index contributed by atoms with van der Waals surface area (Å²) in [5, 5.41) is 3.18. The van der Waals surface area contributed by atoms with Crippen LogP contribution in [-0.4, -0.2) is 6.04 Å². The SMILES string of the molecule is CC(C)N[C@H](C)c1cc(F)cc(F)c1. The molecule has 0 unspecified atom stereocenters. The molecule has 1 N–H and O–H groups in total. The minimum absolute atomic E-state index is 0.0415. The summed E-state index contributed by atoms with van der Waals surface area (Å²) in [7, 11) is 0. The maximum atomic E-state index is 12.9. The van der Waals surface area contributed by atoms with Crippen LogP contribution in [0.3, 0.4) is 0 Å². The van der Waals surface area contributed by atoms with Crippen LogP contribution in [0.25, 0.3) is 0 Å². The molecule has 1 aromatic carbocycles. The van der Waals surface area contributed by atoms with E-state index in [0.29, 0.717) is 5.56 Å². The number of rotatable bonds is 3. The Bertz CT molecular complexity index is 290. The van der Waals surface area contributed by atoms with Gasteiger partial charge in [0.25, 0.3) is 0 Å². The molecule has 1 nitrogen and oxygen atoms in total. The fraction of sp³-hybridized carbons (Fsp3) is 0.455. The van der Waals surface area contributed by atoms with E-state index in [4.69, 9.17) is 0 Å². The van der Waals surface area contributed by atoms with Crippen molar-refractivity contribution in [3.05, 3.63) is 35.4 Å². The van der Waals surface area contributed by atoms with E-state index in [9.17, 15) is 8.78 Å². The molecule has 0 saturated heterocycles. The molecule has 0 amide bonds. The summed E-state index contributed by atoms with van der Waals surface area (Å²) in [6.45, 7) is 5.87. The third-order valence-electron chi connectivity index (χ3n) is 1.97.